The number of aryl methyl sites for hydroxylation is 1. The fourth-order valence-electron chi connectivity index (χ4n) is 1.74. The minimum atomic E-state index is -0.389. The van der Waals surface area contributed by atoms with Gasteiger partial charge in [-0.2, -0.15) is 0 Å². The molecule has 0 fully saturated rings. The largest absolute Gasteiger partial charge is 0.396 e. The Morgan fingerprint density at radius 2 is 2.20 bits per heavy atom. The van der Waals surface area contributed by atoms with Gasteiger partial charge >= 0.3 is 0 Å². The highest BCUT2D eigenvalue weighted by Gasteiger charge is 2.21. The van der Waals surface area contributed by atoms with Gasteiger partial charge in [0.2, 0.25) is 5.91 Å². The van der Waals surface area contributed by atoms with Gasteiger partial charge in [-0.05, 0) is 12.5 Å². The van der Waals surface area contributed by atoms with Gasteiger partial charge in [-0.15, -0.1) is 11.8 Å². The first-order chi connectivity index (χ1) is 9.70. The minimum absolute atomic E-state index is 0.0321. The van der Waals surface area contributed by atoms with Crippen molar-refractivity contribution in [1.82, 2.24) is 5.16 Å². The second-order valence-electron chi connectivity index (χ2n) is 4.20. The molecule has 0 bridgehead atoms. The minimum Gasteiger partial charge on any atom is -0.396 e. The van der Waals surface area contributed by atoms with Gasteiger partial charge < -0.3 is 14.9 Å². The van der Waals surface area contributed by atoms with E-state index in [1.54, 1.807) is 13.0 Å². The van der Waals surface area contributed by atoms with Gasteiger partial charge in [-0.25, -0.2) is 0 Å². The Kier molecular flexibility index (Phi) is 5.20. The molecule has 0 aliphatic carbocycles. The van der Waals surface area contributed by atoms with Crippen LogP contribution in [0.4, 0.5) is 5.82 Å². The average Bonchev–Trinajstić information content (AvgIpc) is 2.86. The van der Waals surface area contributed by atoms with Crippen LogP contribution in [-0.2, 0) is 4.79 Å². The number of anilines is 1. The molecule has 1 atom stereocenters. The number of hydrogen-bond donors (Lipinski definition) is 2. The molecule has 1 aromatic carbocycles. The number of thioether (sulfide) groups is 1. The number of carbonyl (C=O) groups is 1. The van der Waals surface area contributed by atoms with Crippen molar-refractivity contribution in [1.29, 1.82) is 0 Å². The molecule has 0 aliphatic heterocycles. The summed E-state index contributed by atoms with van der Waals surface area (Å²) in [5.41, 5.74) is 0.892. The van der Waals surface area contributed by atoms with E-state index in [0.29, 0.717) is 17.3 Å². The maximum atomic E-state index is 12.3. The molecule has 0 aliphatic rings. The zero-order chi connectivity index (χ0) is 14.4. The Morgan fingerprint density at radius 3 is 2.80 bits per heavy atom. The Labute approximate surface area is 121 Å². The van der Waals surface area contributed by atoms with Crippen molar-refractivity contribution in [2.75, 3.05) is 17.7 Å². The van der Waals surface area contributed by atoms with Gasteiger partial charge in [0.05, 0.1) is 6.61 Å². The van der Waals surface area contributed by atoms with Gasteiger partial charge in [0.15, 0.2) is 5.82 Å². The molecule has 1 unspecified atom stereocenters. The summed E-state index contributed by atoms with van der Waals surface area (Å²) in [5, 5.41) is 15.0. The van der Waals surface area contributed by atoms with Crippen LogP contribution in [0.25, 0.3) is 0 Å². The maximum Gasteiger partial charge on any atom is 0.243 e. The van der Waals surface area contributed by atoms with Crippen molar-refractivity contribution in [3.63, 3.8) is 0 Å². The Balaban J connectivity index is 2.11. The molecule has 20 heavy (non-hydrogen) atoms. The van der Waals surface area contributed by atoms with E-state index in [0.717, 1.165) is 5.56 Å². The van der Waals surface area contributed by atoms with E-state index < -0.39 is 0 Å². The van der Waals surface area contributed by atoms with Crippen molar-refractivity contribution in [2.24, 2.45) is 0 Å². The number of hydrogen-bond acceptors (Lipinski definition) is 5. The van der Waals surface area contributed by atoms with Gasteiger partial charge in [0, 0.05) is 11.8 Å². The average molecular weight is 292 g/mol. The number of aromatic nitrogens is 1. The number of amides is 1. The second kappa shape index (κ2) is 7.12. The maximum absolute atomic E-state index is 12.3. The van der Waals surface area contributed by atoms with Crippen LogP contribution in [0.15, 0.2) is 40.9 Å². The third-order valence-electron chi connectivity index (χ3n) is 2.60. The molecule has 0 spiro atoms. The summed E-state index contributed by atoms with van der Waals surface area (Å²) >= 11 is 1.39. The molecule has 1 amide bonds. The molecule has 5 nitrogen and oxygen atoms in total. The molecular weight excluding hydrogens is 276 g/mol. The third-order valence-corrected chi connectivity index (χ3v) is 3.83. The van der Waals surface area contributed by atoms with E-state index in [1.807, 2.05) is 30.3 Å². The van der Waals surface area contributed by atoms with Crippen molar-refractivity contribution < 1.29 is 14.4 Å². The highest BCUT2D eigenvalue weighted by molar-refractivity contribution is 8.00. The van der Waals surface area contributed by atoms with E-state index in [1.165, 1.54) is 11.8 Å². The van der Waals surface area contributed by atoms with E-state index >= 15 is 0 Å². The Morgan fingerprint density at radius 1 is 1.45 bits per heavy atom. The molecule has 0 saturated heterocycles. The van der Waals surface area contributed by atoms with E-state index in [2.05, 4.69) is 10.5 Å². The fraction of sp³-hybridized carbons (Fsp3) is 0.286. The van der Waals surface area contributed by atoms with E-state index in [-0.39, 0.29) is 17.8 Å². The zero-order valence-corrected chi connectivity index (χ0v) is 11.9. The standard InChI is InChI=1S/C14H16N2O3S/c1-10-9-12(16-19-10)15-14(18)13(20-8-7-17)11-5-3-2-4-6-11/h2-6,9,13,17H,7-8H2,1H3,(H,15,16,18). The van der Waals surface area contributed by atoms with Crippen molar-refractivity contribution in [3.05, 3.63) is 47.7 Å². The molecule has 2 rings (SSSR count). The fourth-order valence-corrected chi connectivity index (χ4v) is 2.64. The summed E-state index contributed by atoms with van der Waals surface area (Å²) in [6, 6.07) is 11.1. The number of nitrogens with zero attached hydrogens (tertiary/aromatic N) is 1. The van der Waals surface area contributed by atoms with Crippen LogP contribution in [0.2, 0.25) is 0 Å². The van der Waals surface area contributed by atoms with Crippen molar-refractivity contribution in [3.8, 4) is 0 Å². The van der Waals surface area contributed by atoms with Crippen LogP contribution in [0.1, 0.15) is 16.6 Å². The van der Waals surface area contributed by atoms with E-state index in [4.69, 9.17) is 9.63 Å². The van der Waals surface area contributed by atoms with Gasteiger partial charge in [0.1, 0.15) is 11.0 Å². The molecule has 1 aromatic heterocycles. The smallest absolute Gasteiger partial charge is 0.243 e. The molecule has 0 radical (unpaired) electrons. The number of rotatable bonds is 6. The first kappa shape index (κ1) is 14.6. The van der Waals surface area contributed by atoms with Gasteiger partial charge in [0.25, 0.3) is 0 Å². The molecule has 106 valence electrons. The number of benzene rings is 1. The number of aliphatic hydroxyl groups is 1. The lowest BCUT2D eigenvalue weighted by Gasteiger charge is -2.15. The topological polar surface area (TPSA) is 75.4 Å². The summed E-state index contributed by atoms with van der Waals surface area (Å²) < 4.78 is 4.92. The highest BCUT2D eigenvalue weighted by Crippen LogP contribution is 2.29. The van der Waals surface area contributed by atoms with Crippen LogP contribution in [0, 0.1) is 6.92 Å². The first-order valence-electron chi connectivity index (χ1n) is 6.22. The Bertz CT molecular complexity index is 557. The molecule has 0 saturated carbocycles. The SMILES string of the molecule is Cc1cc(NC(=O)C(SCCO)c2ccccc2)no1. The Hall–Kier alpha value is -1.79. The van der Waals surface area contributed by atoms with Crippen molar-refractivity contribution >= 4 is 23.5 Å². The van der Waals surface area contributed by atoms with Crippen LogP contribution < -0.4 is 5.32 Å². The summed E-state index contributed by atoms with van der Waals surface area (Å²) in [7, 11) is 0. The molecular formula is C14H16N2O3S. The van der Waals surface area contributed by atoms with E-state index in [9.17, 15) is 4.79 Å². The van der Waals surface area contributed by atoms with Crippen molar-refractivity contribution in [2.45, 2.75) is 12.2 Å². The lowest BCUT2D eigenvalue weighted by atomic mass is 10.1. The molecule has 1 heterocycles. The quantitative estimate of drug-likeness (QED) is 0.855. The summed E-state index contributed by atoms with van der Waals surface area (Å²) in [5.74, 6) is 1.35. The monoisotopic (exact) mass is 292 g/mol. The third kappa shape index (κ3) is 3.85. The number of carbonyl (C=O) groups excluding carboxylic acids is 1. The predicted molar refractivity (Wildman–Crippen MR) is 78.6 cm³/mol. The van der Waals surface area contributed by atoms with Crippen LogP contribution in [0.5, 0.6) is 0 Å². The van der Waals surface area contributed by atoms with Gasteiger partial charge in [-0.1, -0.05) is 35.5 Å². The summed E-state index contributed by atoms with van der Waals surface area (Å²) in [4.78, 5) is 12.3. The second-order valence-corrected chi connectivity index (χ2v) is 5.41. The number of nitrogens with one attached hydrogen (secondary N) is 1. The summed E-state index contributed by atoms with van der Waals surface area (Å²) in [6.07, 6.45) is 0. The molecule has 2 aromatic rings. The van der Waals surface area contributed by atoms with Gasteiger partial charge in [-0.3, -0.25) is 4.79 Å². The normalized spacial score (nSPS) is 12.1. The van der Waals surface area contributed by atoms with Crippen LogP contribution in [-0.4, -0.2) is 28.5 Å². The molecule has 2 N–H and O–H groups in total. The van der Waals surface area contributed by atoms with Crippen LogP contribution >= 0.6 is 11.8 Å². The summed E-state index contributed by atoms with van der Waals surface area (Å²) in [6.45, 7) is 1.79. The zero-order valence-electron chi connectivity index (χ0n) is 11.1. The lowest BCUT2D eigenvalue weighted by Crippen LogP contribution is -2.19. The van der Waals surface area contributed by atoms with Crippen LogP contribution in [0.3, 0.4) is 0 Å². The lowest BCUT2D eigenvalue weighted by molar-refractivity contribution is -0.115. The highest BCUT2D eigenvalue weighted by atomic mass is 32.2. The molecule has 6 heteroatoms. The first-order valence-corrected chi connectivity index (χ1v) is 7.27. The predicted octanol–water partition coefficient (Wildman–Crippen LogP) is 2.39. The number of aliphatic hydroxyl groups excluding tert-OH is 1.